The van der Waals surface area contributed by atoms with Gasteiger partial charge >= 0.3 is 0 Å². The van der Waals surface area contributed by atoms with E-state index in [1.54, 1.807) is 11.3 Å². The molecule has 0 unspecified atom stereocenters. The molecule has 1 saturated heterocycles. The Balaban J connectivity index is 1.39. The molecule has 1 amide bonds. The highest BCUT2D eigenvalue weighted by Gasteiger charge is 2.22. The van der Waals surface area contributed by atoms with Crippen LogP contribution in [-0.4, -0.2) is 26.8 Å². The fourth-order valence-electron chi connectivity index (χ4n) is 3.51. The van der Waals surface area contributed by atoms with Crippen LogP contribution >= 0.6 is 11.3 Å². The number of carbonyl (C=O) groups excluding carboxylic acids is 1. The zero-order valence-corrected chi connectivity index (χ0v) is 15.5. The van der Waals surface area contributed by atoms with Crippen molar-refractivity contribution in [1.82, 2.24) is 14.4 Å². The van der Waals surface area contributed by atoms with E-state index in [0.717, 1.165) is 52.7 Å². The number of hydrogen-bond donors (Lipinski definition) is 0. The summed E-state index contributed by atoms with van der Waals surface area (Å²) in [5.74, 6) is 0.206. The number of hydrogen-bond acceptors (Lipinski definition) is 4. The molecule has 4 heterocycles. The minimum Gasteiger partial charge on any atom is -0.312 e. The quantitative estimate of drug-likeness (QED) is 0.539. The van der Waals surface area contributed by atoms with E-state index in [1.807, 2.05) is 51.9 Å². The van der Waals surface area contributed by atoms with E-state index in [4.69, 9.17) is 4.98 Å². The van der Waals surface area contributed by atoms with Crippen LogP contribution in [-0.2, 0) is 11.2 Å². The van der Waals surface area contributed by atoms with Gasteiger partial charge in [0, 0.05) is 48.4 Å². The zero-order chi connectivity index (χ0) is 18.2. The molecule has 6 heteroatoms. The first-order valence-corrected chi connectivity index (χ1v) is 9.92. The molecule has 4 aromatic rings. The number of nitrogens with zero attached hydrogens (tertiary/aromatic N) is 4. The van der Waals surface area contributed by atoms with Gasteiger partial charge in [0.2, 0.25) is 5.91 Å². The second-order valence-electron chi connectivity index (χ2n) is 6.70. The summed E-state index contributed by atoms with van der Waals surface area (Å²) in [5, 5.41) is 3.12. The Labute approximate surface area is 160 Å². The van der Waals surface area contributed by atoms with Gasteiger partial charge in [-0.1, -0.05) is 18.2 Å². The lowest BCUT2D eigenvalue weighted by molar-refractivity contribution is -0.117. The lowest BCUT2D eigenvalue weighted by Gasteiger charge is -2.16. The monoisotopic (exact) mass is 374 g/mol. The minimum atomic E-state index is 0.206. The van der Waals surface area contributed by atoms with Crippen molar-refractivity contribution in [3.8, 4) is 11.3 Å². The second-order valence-corrected chi connectivity index (χ2v) is 7.64. The van der Waals surface area contributed by atoms with Gasteiger partial charge in [0.15, 0.2) is 0 Å². The summed E-state index contributed by atoms with van der Waals surface area (Å²) < 4.78 is 2.03. The summed E-state index contributed by atoms with van der Waals surface area (Å²) >= 11 is 1.65. The van der Waals surface area contributed by atoms with E-state index in [1.165, 1.54) is 0 Å². The summed E-state index contributed by atoms with van der Waals surface area (Å²) in [5.41, 5.74) is 4.92. The first-order chi connectivity index (χ1) is 13.3. The first kappa shape index (κ1) is 16.2. The summed E-state index contributed by atoms with van der Waals surface area (Å²) in [6.45, 7) is 0.804. The Morgan fingerprint density at radius 1 is 1.11 bits per heavy atom. The lowest BCUT2D eigenvalue weighted by Crippen LogP contribution is -2.23. The Hall–Kier alpha value is -2.99. The highest BCUT2D eigenvalue weighted by atomic mass is 32.1. The Kier molecular flexibility index (Phi) is 3.98. The van der Waals surface area contributed by atoms with Crippen molar-refractivity contribution in [3.05, 3.63) is 70.9 Å². The van der Waals surface area contributed by atoms with Crippen LogP contribution in [0.3, 0.4) is 0 Å². The van der Waals surface area contributed by atoms with E-state index in [2.05, 4.69) is 22.6 Å². The summed E-state index contributed by atoms with van der Waals surface area (Å²) in [7, 11) is 0. The predicted molar refractivity (Wildman–Crippen MR) is 107 cm³/mol. The van der Waals surface area contributed by atoms with Crippen molar-refractivity contribution in [1.29, 1.82) is 0 Å². The maximum absolute atomic E-state index is 12.0. The molecule has 1 aliphatic rings. The maximum Gasteiger partial charge on any atom is 0.227 e. The summed E-state index contributed by atoms with van der Waals surface area (Å²) in [6.07, 6.45) is 6.35. The number of pyridine rings is 1. The molecule has 1 aliphatic heterocycles. The molecule has 0 aliphatic carbocycles. The van der Waals surface area contributed by atoms with Gasteiger partial charge in [-0.3, -0.25) is 4.79 Å². The van der Waals surface area contributed by atoms with Crippen molar-refractivity contribution in [2.24, 2.45) is 0 Å². The molecule has 1 fully saturated rings. The number of amides is 1. The number of benzene rings is 1. The maximum atomic E-state index is 12.0. The number of imidazole rings is 1. The lowest BCUT2D eigenvalue weighted by atomic mass is 10.1. The Bertz CT molecular complexity index is 1100. The first-order valence-electron chi connectivity index (χ1n) is 9.04. The van der Waals surface area contributed by atoms with E-state index in [0.29, 0.717) is 6.42 Å². The van der Waals surface area contributed by atoms with Gasteiger partial charge in [0.05, 0.1) is 16.4 Å². The van der Waals surface area contributed by atoms with Crippen LogP contribution < -0.4 is 4.90 Å². The fraction of sp³-hybridized carbons (Fsp3) is 0.190. The standard InChI is InChI=1S/C21H18N4OS/c26-21-8-4-10-25(21)17-6-3-5-15(11-17)18-14-27-20(23-18)12-16-13-24-9-2-1-7-19(24)22-16/h1-3,5-7,9,11,13-14H,4,8,10,12H2. The second kappa shape index (κ2) is 6.63. The molecule has 0 atom stereocenters. The van der Waals surface area contributed by atoms with Crippen molar-refractivity contribution in [3.63, 3.8) is 0 Å². The smallest absolute Gasteiger partial charge is 0.227 e. The number of aromatic nitrogens is 3. The Morgan fingerprint density at radius 2 is 2.07 bits per heavy atom. The number of anilines is 1. The number of carbonyl (C=O) groups is 1. The van der Waals surface area contributed by atoms with E-state index >= 15 is 0 Å². The van der Waals surface area contributed by atoms with Crippen molar-refractivity contribution < 1.29 is 4.79 Å². The van der Waals surface area contributed by atoms with Crippen LogP contribution in [0.25, 0.3) is 16.9 Å². The SMILES string of the molecule is O=C1CCCN1c1cccc(-c2csc(Cc3cn4ccccc4n3)n2)c1. The summed E-state index contributed by atoms with van der Waals surface area (Å²) in [4.78, 5) is 23.3. The van der Waals surface area contributed by atoms with Gasteiger partial charge in [-0.25, -0.2) is 9.97 Å². The predicted octanol–water partition coefficient (Wildman–Crippen LogP) is 4.18. The van der Waals surface area contributed by atoms with Crippen LogP contribution in [0.4, 0.5) is 5.69 Å². The van der Waals surface area contributed by atoms with Crippen LogP contribution in [0.2, 0.25) is 0 Å². The molecule has 27 heavy (non-hydrogen) atoms. The summed E-state index contributed by atoms with van der Waals surface area (Å²) in [6, 6.07) is 14.1. The molecule has 5 nitrogen and oxygen atoms in total. The average Bonchev–Trinajstić information content (AvgIpc) is 3.41. The molecule has 0 N–H and O–H groups in total. The number of thiazole rings is 1. The third kappa shape index (κ3) is 3.13. The van der Waals surface area contributed by atoms with Gasteiger partial charge in [-0.2, -0.15) is 0 Å². The van der Waals surface area contributed by atoms with Gasteiger partial charge in [-0.05, 0) is 30.7 Å². The number of rotatable bonds is 4. The molecular weight excluding hydrogens is 356 g/mol. The third-order valence-corrected chi connectivity index (χ3v) is 5.67. The van der Waals surface area contributed by atoms with Gasteiger partial charge < -0.3 is 9.30 Å². The van der Waals surface area contributed by atoms with Crippen LogP contribution in [0, 0.1) is 0 Å². The van der Waals surface area contributed by atoms with Crippen LogP contribution in [0.5, 0.6) is 0 Å². The highest BCUT2D eigenvalue weighted by Crippen LogP contribution is 2.29. The van der Waals surface area contributed by atoms with Crippen LogP contribution in [0.15, 0.2) is 60.2 Å². The molecule has 3 aromatic heterocycles. The van der Waals surface area contributed by atoms with Gasteiger partial charge in [0.1, 0.15) is 5.65 Å². The highest BCUT2D eigenvalue weighted by molar-refractivity contribution is 7.10. The topological polar surface area (TPSA) is 50.5 Å². The van der Waals surface area contributed by atoms with E-state index < -0.39 is 0 Å². The molecule has 1 aromatic carbocycles. The minimum absolute atomic E-state index is 0.206. The van der Waals surface area contributed by atoms with Gasteiger partial charge in [0.25, 0.3) is 0 Å². The van der Waals surface area contributed by atoms with Crippen molar-refractivity contribution in [2.75, 3.05) is 11.4 Å². The number of fused-ring (bicyclic) bond motifs is 1. The molecule has 0 bridgehead atoms. The molecule has 134 valence electrons. The van der Waals surface area contributed by atoms with E-state index in [-0.39, 0.29) is 5.91 Å². The largest absolute Gasteiger partial charge is 0.312 e. The van der Waals surface area contributed by atoms with Crippen molar-refractivity contribution in [2.45, 2.75) is 19.3 Å². The normalized spacial score (nSPS) is 14.4. The van der Waals surface area contributed by atoms with Gasteiger partial charge in [-0.15, -0.1) is 11.3 Å². The van der Waals surface area contributed by atoms with E-state index in [9.17, 15) is 4.79 Å². The van der Waals surface area contributed by atoms with Crippen LogP contribution in [0.1, 0.15) is 23.5 Å². The molecular formula is C21H18N4OS. The third-order valence-electron chi connectivity index (χ3n) is 4.82. The molecule has 0 radical (unpaired) electrons. The molecule has 0 saturated carbocycles. The van der Waals surface area contributed by atoms with Crippen molar-refractivity contribution >= 4 is 28.6 Å². The zero-order valence-electron chi connectivity index (χ0n) is 14.7. The fourth-order valence-corrected chi connectivity index (χ4v) is 4.32. The Morgan fingerprint density at radius 3 is 2.93 bits per heavy atom. The molecule has 0 spiro atoms. The molecule has 5 rings (SSSR count). The average molecular weight is 374 g/mol.